The maximum Gasteiger partial charge on any atom is 0.261 e. The number of hydrogen-bond donors (Lipinski definition) is 2. The Kier molecular flexibility index (Phi) is 6.76. The van der Waals surface area contributed by atoms with Crippen LogP contribution in [-0.2, 0) is 16.6 Å². The molecular formula is C20H26ClN5O3. The molecule has 2 fully saturated rings. The first kappa shape index (κ1) is 21.1. The minimum atomic E-state index is -0.117. The van der Waals surface area contributed by atoms with Crippen LogP contribution in [0.5, 0.6) is 5.75 Å². The molecule has 2 amide bonds. The van der Waals surface area contributed by atoms with E-state index in [4.69, 9.17) is 4.74 Å². The second kappa shape index (κ2) is 9.28. The van der Waals surface area contributed by atoms with Crippen molar-refractivity contribution in [2.75, 3.05) is 31.6 Å². The smallest absolute Gasteiger partial charge is 0.261 e. The number of imidazole rings is 1. The third-order valence-electron chi connectivity index (χ3n) is 5.13. The van der Waals surface area contributed by atoms with E-state index in [1.807, 2.05) is 34.8 Å². The van der Waals surface area contributed by atoms with Crippen molar-refractivity contribution in [1.82, 2.24) is 19.8 Å². The molecule has 0 radical (unpaired) electrons. The van der Waals surface area contributed by atoms with Crippen LogP contribution in [-0.4, -0.2) is 52.5 Å². The zero-order chi connectivity index (χ0) is 19.5. The first-order chi connectivity index (χ1) is 13.6. The molecule has 4 rings (SSSR count). The van der Waals surface area contributed by atoms with Crippen LogP contribution in [0.2, 0.25) is 0 Å². The van der Waals surface area contributed by atoms with E-state index in [0.29, 0.717) is 24.5 Å². The van der Waals surface area contributed by atoms with Crippen molar-refractivity contribution in [3.05, 3.63) is 42.5 Å². The first-order valence-electron chi connectivity index (χ1n) is 9.63. The van der Waals surface area contributed by atoms with Gasteiger partial charge in [-0.25, -0.2) is 4.98 Å². The molecule has 0 bridgehead atoms. The molecule has 2 heterocycles. The maximum atomic E-state index is 12.8. The van der Waals surface area contributed by atoms with E-state index in [2.05, 4.69) is 15.6 Å². The van der Waals surface area contributed by atoms with Crippen LogP contribution < -0.4 is 15.4 Å². The van der Waals surface area contributed by atoms with E-state index in [-0.39, 0.29) is 42.8 Å². The predicted octanol–water partition coefficient (Wildman–Crippen LogP) is 1.74. The van der Waals surface area contributed by atoms with Gasteiger partial charge < -0.3 is 24.8 Å². The molecule has 1 aliphatic carbocycles. The summed E-state index contributed by atoms with van der Waals surface area (Å²) < 4.78 is 7.66. The Hall–Kier alpha value is -2.58. The molecule has 8 nitrogen and oxygen atoms in total. The third kappa shape index (κ3) is 5.07. The molecule has 1 aromatic carbocycles. The van der Waals surface area contributed by atoms with Crippen LogP contribution >= 0.6 is 12.4 Å². The van der Waals surface area contributed by atoms with E-state index in [1.165, 1.54) is 0 Å². The zero-order valence-electron chi connectivity index (χ0n) is 16.3. The van der Waals surface area contributed by atoms with Gasteiger partial charge in [-0.05, 0) is 25.0 Å². The second-order valence-corrected chi connectivity index (χ2v) is 7.28. The number of carbonyl (C=O) groups excluding carboxylic acids is 2. The predicted molar refractivity (Wildman–Crippen MR) is 111 cm³/mol. The number of aromatic nitrogens is 2. The number of piperazine rings is 1. The molecule has 2 aromatic rings. The molecule has 1 aliphatic heterocycles. The molecule has 0 spiro atoms. The highest BCUT2D eigenvalue weighted by Gasteiger charge is 2.31. The van der Waals surface area contributed by atoms with Gasteiger partial charge in [-0.1, -0.05) is 6.07 Å². The van der Waals surface area contributed by atoms with Crippen LogP contribution in [0.3, 0.4) is 0 Å². The summed E-state index contributed by atoms with van der Waals surface area (Å²) in [5.74, 6) is 1.52. The molecule has 1 saturated heterocycles. The molecule has 9 heteroatoms. The standard InChI is InChI=1S/C20H25N5O3.ClH/c1-24-9-8-22-19(24)17-12-21-7-10-25(17)18(26)13-28-16-4-2-3-15(11-16)23-20(27)14-5-6-14;/h2-4,8-9,11,14,17,21H,5-7,10,12-13H2,1H3,(H,23,27);1H. The lowest BCUT2D eigenvalue weighted by Crippen LogP contribution is -2.50. The third-order valence-corrected chi connectivity index (χ3v) is 5.13. The van der Waals surface area contributed by atoms with Crippen molar-refractivity contribution >= 4 is 29.9 Å². The van der Waals surface area contributed by atoms with Crippen LogP contribution in [0, 0.1) is 5.92 Å². The van der Waals surface area contributed by atoms with Crippen LogP contribution in [0.15, 0.2) is 36.7 Å². The van der Waals surface area contributed by atoms with Gasteiger partial charge in [0.1, 0.15) is 17.6 Å². The molecule has 1 saturated carbocycles. The molecule has 2 N–H and O–H groups in total. The van der Waals surface area contributed by atoms with Gasteiger partial charge in [-0.15, -0.1) is 12.4 Å². The van der Waals surface area contributed by atoms with Crippen molar-refractivity contribution in [3.63, 3.8) is 0 Å². The molecular weight excluding hydrogens is 394 g/mol. The number of carbonyl (C=O) groups is 2. The average Bonchev–Trinajstić information content (AvgIpc) is 3.48. The van der Waals surface area contributed by atoms with Gasteiger partial charge in [0, 0.05) is 56.7 Å². The number of aryl methyl sites for hydroxylation is 1. The highest BCUT2D eigenvalue weighted by atomic mass is 35.5. The van der Waals surface area contributed by atoms with E-state index in [0.717, 1.165) is 25.2 Å². The summed E-state index contributed by atoms with van der Waals surface area (Å²) in [6.07, 6.45) is 5.53. The topological polar surface area (TPSA) is 88.5 Å². The largest absolute Gasteiger partial charge is 0.484 e. The van der Waals surface area contributed by atoms with Gasteiger partial charge >= 0.3 is 0 Å². The van der Waals surface area contributed by atoms with E-state index in [9.17, 15) is 9.59 Å². The highest BCUT2D eigenvalue weighted by Crippen LogP contribution is 2.30. The van der Waals surface area contributed by atoms with E-state index < -0.39 is 0 Å². The number of nitrogens with zero attached hydrogens (tertiary/aromatic N) is 3. The molecule has 29 heavy (non-hydrogen) atoms. The number of ether oxygens (including phenoxy) is 1. The number of benzene rings is 1. The normalized spacial score (nSPS) is 18.7. The summed E-state index contributed by atoms with van der Waals surface area (Å²) in [5, 5.41) is 6.21. The van der Waals surface area contributed by atoms with E-state index in [1.54, 1.807) is 18.3 Å². The Balaban J connectivity index is 0.00000240. The molecule has 156 valence electrons. The summed E-state index contributed by atoms with van der Waals surface area (Å²) in [5.41, 5.74) is 0.690. The first-order valence-corrected chi connectivity index (χ1v) is 9.63. The second-order valence-electron chi connectivity index (χ2n) is 7.28. The lowest BCUT2D eigenvalue weighted by atomic mass is 10.1. The van der Waals surface area contributed by atoms with E-state index >= 15 is 0 Å². The van der Waals surface area contributed by atoms with Crippen LogP contribution in [0.25, 0.3) is 0 Å². The van der Waals surface area contributed by atoms with Crippen LogP contribution in [0.4, 0.5) is 5.69 Å². The Morgan fingerprint density at radius 1 is 1.34 bits per heavy atom. The van der Waals surface area contributed by atoms with Crippen molar-refractivity contribution < 1.29 is 14.3 Å². The number of anilines is 1. The SMILES string of the molecule is Cl.Cn1ccnc1C1CNCCN1C(=O)COc1cccc(NC(=O)C2CC2)c1. The molecule has 1 atom stereocenters. The van der Waals surface area contributed by atoms with Crippen molar-refractivity contribution in [1.29, 1.82) is 0 Å². The Morgan fingerprint density at radius 2 is 2.17 bits per heavy atom. The van der Waals surface area contributed by atoms with Crippen molar-refractivity contribution in [3.8, 4) is 5.75 Å². The van der Waals surface area contributed by atoms with Crippen molar-refractivity contribution in [2.45, 2.75) is 18.9 Å². The number of rotatable bonds is 6. The summed E-state index contributed by atoms with van der Waals surface area (Å²) in [6.45, 7) is 1.97. The lowest BCUT2D eigenvalue weighted by Gasteiger charge is -2.35. The minimum absolute atomic E-state index is 0. The van der Waals surface area contributed by atoms with Gasteiger partial charge in [0.2, 0.25) is 5.91 Å². The van der Waals surface area contributed by atoms with Gasteiger partial charge in [0.25, 0.3) is 5.91 Å². The Bertz CT molecular complexity index is 867. The molecule has 1 aromatic heterocycles. The lowest BCUT2D eigenvalue weighted by molar-refractivity contribution is -0.137. The molecule has 1 unspecified atom stereocenters. The summed E-state index contributed by atoms with van der Waals surface area (Å²) in [6, 6.07) is 7.05. The maximum absolute atomic E-state index is 12.8. The number of nitrogens with one attached hydrogen (secondary N) is 2. The Labute approximate surface area is 176 Å². The zero-order valence-corrected chi connectivity index (χ0v) is 17.2. The summed E-state index contributed by atoms with van der Waals surface area (Å²) >= 11 is 0. The Morgan fingerprint density at radius 3 is 2.90 bits per heavy atom. The fourth-order valence-corrected chi connectivity index (χ4v) is 3.41. The van der Waals surface area contributed by atoms with Gasteiger partial charge in [-0.2, -0.15) is 0 Å². The van der Waals surface area contributed by atoms with Crippen molar-refractivity contribution in [2.24, 2.45) is 13.0 Å². The fourth-order valence-electron chi connectivity index (χ4n) is 3.41. The monoisotopic (exact) mass is 419 g/mol. The number of amides is 2. The quantitative estimate of drug-likeness (QED) is 0.744. The van der Waals surface area contributed by atoms with Gasteiger partial charge in [-0.3, -0.25) is 9.59 Å². The van der Waals surface area contributed by atoms with Crippen LogP contribution in [0.1, 0.15) is 24.7 Å². The average molecular weight is 420 g/mol. The fraction of sp³-hybridized carbons (Fsp3) is 0.450. The highest BCUT2D eigenvalue weighted by molar-refractivity contribution is 5.94. The van der Waals surface area contributed by atoms with Gasteiger partial charge in [0.15, 0.2) is 6.61 Å². The number of hydrogen-bond acceptors (Lipinski definition) is 5. The summed E-state index contributed by atoms with van der Waals surface area (Å²) in [4.78, 5) is 30.9. The van der Waals surface area contributed by atoms with Gasteiger partial charge in [0.05, 0.1) is 0 Å². The minimum Gasteiger partial charge on any atom is -0.484 e. The summed E-state index contributed by atoms with van der Waals surface area (Å²) in [7, 11) is 1.93. The molecule has 2 aliphatic rings. The number of halogens is 1.